The molecule has 1 unspecified atom stereocenters. The first kappa shape index (κ1) is 14.1. The Morgan fingerprint density at radius 3 is 3.10 bits per heavy atom. The molecule has 3 nitrogen and oxygen atoms in total. The Kier molecular flexibility index (Phi) is 4.44. The van der Waals surface area contributed by atoms with Gasteiger partial charge in [0.1, 0.15) is 5.82 Å². The molecule has 0 amide bonds. The molecule has 1 aromatic carbocycles. The molecule has 106 valence electrons. The minimum Gasteiger partial charge on any atom is -0.381 e. The summed E-state index contributed by atoms with van der Waals surface area (Å²) < 4.78 is 6.46. The number of aromatic nitrogens is 1. The summed E-state index contributed by atoms with van der Waals surface area (Å²) in [7, 11) is 0. The lowest BCUT2D eigenvalue weighted by Gasteiger charge is -2.22. The molecule has 5 heteroatoms. The molecule has 1 saturated heterocycles. The molecule has 0 aliphatic carbocycles. The van der Waals surface area contributed by atoms with Crippen molar-refractivity contribution >= 4 is 44.3 Å². The summed E-state index contributed by atoms with van der Waals surface area (Å²) in [4.78, 5) is 4.60. The number of hydrogen-bond acceptors (Lipinski definition) is 3. The summed E-state index contributed by atoms with van der Waals surface area (Å²) in [5.41, 5.74) is 0.833. The maximum Gasteiger partial charge on any atom is 0.126 e. The Morgan fingerprint density at radius 2 is 2.30 bits per heavy atom. The van der Waals surface area contributed by atoms with Gasteiger partial charge in [0, 0.05) is 23.0 Å². The topological polar surface area (TPSA) is 34.1 Å². The van der Waals surface area contributed by atoms with Crippen LogP contribution < -0.4 is 5.32 Å². The van der Waals surface area contributed by atoms with Crippen LogP contribution in [0.4, 0.5) is 5.82 Å². The molecular formula is C15H16BrClN2O. The minimum absolute atomic E-state index is 0.571. The van der Waals surface area contributed by atoms with Crippen molar-refractivity contribution in [1.29, 1.82) is 0 Å². The van der Waals surface area contributed by atoms with Gasteiger partial charge in [0.2, 0.25) is 0 Å². The molecule has 2 aromatic rings. The number of nitrogens with zero attached hydrogens (tertiary/aromatic N) is 1. The van der Waals surface area contributed by atoms with Gasteiger partial charge in [-0.2, -0.15) is 0 Å². The molecule has 1 aromatic heterocycles. The quantitative estimate of drug-likeness (QED) is 0.881. The fourth-order valence-corrected chi connectivity index (χ4v) is 3.35. The number of fused-ring (bicyclic) bond motifs is 1. The number of ether oxygens (including phenoxy) is 1. The van der Waals surface area contributed by atoms with E-state index in [9.17, 15) is 0 Å². The van der Waals surface area contributed by atoms with Crippen LogP contribution in [0.2, 0.25) is 5.02 Å². The Labute approximate surface area is 131 Å². The fraction of sp³-hybridized carbons (Fsp3) is 0.400. The van der Waals surface area contributed by atoms with E-state index in [4.69, 9.17) is 16.3 Å². The standard InChI is InChI=1S/C15H16BrClN2O/c16-12-6-11-3-4-14(19-15(11)13(17)7-12)18-8-10-2-1-5-20-9-10/h3-4,6-7,10H,1-2,5,8-9H2,(H,18,19). The van der Waals surface area contributed by atoms with Crippen molar-refractivity contribution in [3.05, 3.63) is 33.8 Å². The SMILES string of the molecule is Clc1cc(Br)cc2ccc(NCC3CCCOC3)nc12. The van der Waals surface area contributed by atoms with Crippen molar-refractivity contribution in [3.63, 3.8) is 0 Å². The summed E-state index contributed by atoms with van der Waals surface area (Å²) in [5, 5.41) is 5.09. The van der Waals surface area contributed by atoms with Crippen LogP contribution in [0.3, 0.4) is 0 Å². The second kappa shape index (κ2) is 6.29. The second-order valence-corrected chi connectivity index (χ2v) is 6.44. The smallest absolute Gasteiger partial charge is 0.126 e. The predicted molar refractivity (Wildman–Crippen MR) is 86.5 cm³/mol. The fourth-order valence-electron chi connectivity index (χ4n) is 2.47. The molecular weight excluding hydrogens is 340 g/mol. The lowest BCUT2D eigenvalue weighted by Crippen LogP contribution is -2.24. The normalized spacial score (nSPS) is 19.2. The van der Waals surface area contributed by atoms with Gasteiger partial charge in [-0.1, -0.05) is 27.5 Å². The third-order valence-corrected chi connectivity index (χ3v) is 4.28. The van der Waals surface area contributed by atoms with Crippen LogP contribution >= 0.6 is 27.5 Å². The van der Waals surface area contributed by atoms with E-state index in [0.29, 0.717) is 10.9 Å². The lowest BCUT2D eigenvalue weighted by atomic mass is 10.0. The Hall–Kier alpha value is -0.840. The molecule has 0 saturated carbocycles. The number of halogens is 2. The van der Waals surface area contributed by atoms with Crippen molar-refractivity contribution in [1.82, 2.24) is 4.98 Å². The third kappa shape index (κ3) is 3.25. The van der Waals surface area contributed by atoms with E-state index < -0.39 is 0 Å². The predicted octanol–water partition coefficient (Wildman–Crippen LogP) is 4.49. The largest absolute Gasteiger partial charge is 0.381 e. The van der Waals surface area contributed by atoms with Crippen molar-refractivity contribution in [2.75, 3.05) is 25.1 Å². The monoisotopic (exact) mass is 354 g/mol. The molecule has 20 heavy (non-hydrogen) atoms. The van der Waals surface area contributed by atoms with Crippen molar-refractivity contribution in [3.8, 4) is 0 Å². The molecule has 1 N–H and O–H groups in total. The zero-order valence-electron chi connectivity index (χ0n) is 11.0. The summed E-state index contributed by atoms with van der Waals surface area (Å²) in [5.74, 6) is 1.44. The first-order valence-electron chi connectivity index (χ1n) is 6.80. The van der Waals surface area contributed by atoms with E-state index in [1.54, 1.807) is 0 Å². The van der Waals surface area contributed by atoms with E-state index >= 15 is 0 Å². The van der Waals surface area contributed by atoms with Gasteiger partial charge in [-0.3, -0.25) is 0 Å². The average Bonchev–Trinajstić information content (AvgIpc) is 2.46. The van der Waals surface area contributed by atoms with Crippen LogP contribution in [0.5, 0.6) is 0 Å². The summed E-state index contributed by atoms with van der Waals surface area (Å²) in [6, 6.07) is 7.93. The van der Waals surface area contributed by atoms with Gasteiger partial charge in [-0.05, 0) is 43.0 Å². The minimum atomic E-state index is 0.571. The zero-order valence-corrected chi connectivity index (χ0v) is 13.4. The van der Waals surface area contributed by atoms with E-state index in [1.807, 2.05) is 24.3 Å². The molecule has 0 bridgehead atoms. The molecule has 0 spiro atoms. The van der Waals surface area contributed by atoms with Crippen LogP contribution in [-0.4, -0.2) is 24.7 Å². The van der Waals surface area contributed by atoms with Gasteiger partial charge in [0.05, 0.1) is 17.1 Å². The summed E-state index contributed by atoms with van der Waals surface area (Å²) in [6.45, 7) is 2.64. The maximum atomic E-state index is 6.24. The van der Waals surface area contributed by atoms with E-state index in [2.05, 4.69) is 26.2 Å². The highest BCUT2D eigenvalue weighted by molar-refractivity contribution is 9.10. The van der Waals surface area contributed by atoms with Gasteiger partial charge < -0.3 is 10.1 Å². The summed E-state index contributed by atoms with van der Waals surface area (Å²) >= 11 is 9.69. The van der Waals surface area contributed by atoms with Crippen molar-refractivity contribution < 1.29 is 4.74 Å². The molecule has 1 fully saturated rings. The van der Waals surface area contributed by atoms with Crippen LogP contribution in [0.25, 0.3) is 10.9 Å². The van der Waals surface area contributed by atoms with Crippen molar-refractivity contribution in [2.45, 2.75) is 12.8 Å². The lowest BCUT2D eigenvalue weighted by molar-refractivity contribution is 0.0595. The number of rotatable bonds is 3. The number of hydrogen-bond donors (Lipinski definition) is 1. The van der Waals surface area contributed by atoms with Crippen LogP contribution in [0, 0.1) is 5.92 Å². The molecule has 1 aliphatic heterocycles. The van der Waals surface area contributed by atoms with E-state index in [-0.39, 0.29) is 0 Å². The van der Waals surface area contributed by atoms with Crippen LogP contribution in [0.1, 0.15) is 12.8 Å². The maximum absolute atomic E-state index is 6.24. The highest BCUT2D eigenvalue weighted by Gasteiger charge is 2.13. The Morgan fingerprint density at radius 1 is 1.40 bits per heavy atom. The van der Waals surface area contributed by atoms with Gasteiger partial charge in [-0.25, -0.2) is 4.98 Å². The van der Waals surface area contributed by atoms with Crippen LogP contribution in [0.15, 0.2) is 28.7 Å². The van der Waals surface area contributed by atoms with Gasteiger partial charge in [0.25, 0.3) is 0 Å². The van der Waals surface area contributed by atoms with Crippen molar-refractivity contribution in [2.24, 2.45) is 5.92 Å². The highest BCUT2D eigenvalue weighted by atomic mass is 79.9. The number of benzene rings is 1. The number of pyridine rings is 1. The molecule has 1 atom stereocenters. The number of nitrogens with one attached hydrogen (secondary N) is 1. The molecule has 0 radical (unpaired) electrons. The Bertz CT molecular complexity index is 614. The van der Waals surface area contributed by atoms with E-state index in [0.717, 1.165) is 47.4 Å². The zero-order chi connectivity index (χ0) is 13.9. The summed E-state index contributed by atoms with van der Waals surface area (Å²) in [6.07, 6.45) is 2.37. The first-order valence-corrected chi connectivity index (χ1v) is 7.97. The number of anilines is 1. The van der Waals surface area contributed by atoms with Gasteiger partial charge in [0.15, 0.2) is 0 Å². The highest BCUT2D eigenvalue weighted by Crippen LogP contribution is 2.28. The van der Waals surface area contributed by atoms with Gasteiger partial charge >= 0.3 is 0 Å². The van der Waals surface area contributed by atoms with Gasteiger partial charge in [-0.15, -0.1) is 0 Å². The average molecular weight is 356 g/mol. The second-order valence-electron chi connectivity index (χ2n) is 5.12. The van der Waals surface area contributed by atoms with E-state index in [1.165, 1.54) is 6.42 Å². The Balaban J connectivity index is 1.75. The first-order chi connectivity index (χ1) is 9.72. The third-order valence-electron chi connectivity index (χ3n) is 3.54. The molecule has 1 aliphatic rings. The molecule has 3 rings (SSSR count). The molecule has 2 heterocycles. The van der Waals surface area contributed by atoms with Crippen LogP contribution in [-0.2, 0) is 4.74 Å².